The summed E-state index contributed by atoms with van der Waals surface area (Å²) in [5, 5.41) is 8.93. The molecular formula is C24H22ClN7O7. The maximum atomic E-state index is 11.6. The molecule has 1 amide bonds. The molecule has 1 aliphatic rings. The molecule has 0 radical (unpaired) electrons. The van der Waals surface area contributed by atoms with Crippen LogP contribution in [0, 0.1) is 0 Å². The number of amides is 1. The molecule has 4 aromatic rings. The van der Waals surface area contributed by atoms with Crippen molar-refractivity contribution in [1.29, 1.82) is 0 Å². The van der Waals surface area contributed by atoms with Gasteiger partial charge in [-0.25, -0.2) is 24.4 Å². The van der Waals surface area contributed by atoms with Crippen LogP contribution in [-0.2, 0) is 24.2 Å². The molecule has 0 atom stereocenters. The van der Waals surface area contributed by atoms with E-state index in [-0.39, 0.29) is 22.7 Å². The Balaban J connectivity index is 0.000000181. The number of rotatable bonds is 6. The molecule has 15 heteroatoms. The molecule has 0 aliphatic carbocycles. The minimum Gasteiger partial charge on any atom is -0.477 e. The van der Waals surface area contributed by atoms with Gasteiger partial charge in [-0.1, -0.05) is 18.2 Å². The number of esters is 1. The second kappa shape index (κ2) is 10.9. The highest BCUT2D eigenvalue weighted by Crippen LogP contribution is 2.26. The molecule has 14 nitrogen and oxygen atoms in total. The fourth-order valence-electron chi connectivity index (χ4n) is 4.22. The zero-order chi connectivity index (χ0) is 28.4. The third-order valence-corrected chi connectivity index (χ3v) is 6.27. The van der Waals surface area contributed by atoms with E-state index in [1.165, 1.54) is 5.56 Å². The van der Waals surface area contributed by atoms with Crippen molar-refractivity contribution in [2.75, 3.05) is 24.3 Å². The molecule has 0 saturated carbocycles. The van der Waals surface area contributed by atoms with E-state index in [0.29, 0.717) is 25.3 Å². The van der Waals surface area contributed by atoms with Crippen molar-refractivity contribution in [2.24, 2.45) is 5.73 Å². The number of carbonyl (C=O) groups excluding carboxylic acids is 2. The molecule has 0 bridgehead atoms. The lowest BCUT2D eigenvalue weighted by Crippen LogP contribution is -2.44. The number of benzene rings is 1. The van der Waals surface area contributed by atoms with E-state index in [1.54, 1.807) is 0 Å². The standard InChI is InChI=1S/C14H14ClN3O2.C10H8N4O5/c15-17-6-8-1-2-9-3-4-18(7-10(9)5-8)12-11(16)13(19)14(12)20;1-19-10(18)5-2-4(9(16)17)13-8-6(7(11)15)12-3-14(5)8/h1-2,5,17H,3-4,6-7,16H2;2-3H,1H3,(H2,11,15)(H,16,17). The highest BCUT2D eigenvalue weighted by atomic mass is 35.5. The lowest BCUT2D eigenvalue weighted by atomic mass is 9.96. The van der Waals surface area contributed by atoms with Crippen molar-refractivity contribution in [2.45, 2.75) is 19.5 Å². The highest BCUT2D eigenvalue weighted by molar-refractivity contribution is 6.13. The lowest BCUT2D eigenvalue weighted by molar-refractivity contribution is 0.0591. The highest BCUT2D eigenvalue weighted by Gasteiger charge is 2.27. The maximum absolute atomic E-state index is 11.6. The summed E-state index contributed by atoms with van der Waals surface area (Å²) in [7, 11) is 1.14. The summed E-state index contributed by atoms with van der Waals surface area (Å²) in [5.41, 5.74) is 12.8. The van der Waals surface area contributed by atoms with Crippen LogP contribution in [-0.4, -0.2) is 51.0 Å². The fourth-order valence-corrected chi connectivity index (χ4v) is 4.37. The van der Waals surface area contributed by atoms with Crippen molar-refractivity contribution in [3.63, 3.8) is 0 Å². The van der Waals surface area contributed by atoms with Crippen LogP contribution in [0.25, 0.3) is 5.65 Å². The monoisotopic (exact) mass is 555 g/mol. The van der Waals surface area contributed by atoms with Crippen molar-refractivity contribution in [3.05, 3.63) is 84.8 Å². The van der Waals surface area contributed by atoms with Crippen LogP contribution in [0.5, 0.6) is 0 Å². The van der Waals surface area contributed by atoms with Gasteiger partial charge in [-0.15, -0.1) is 0 Å². The van der Waals surface area contributed by atoms with E-state index in [0.717, 1.165) is 41.5 Å². The molecule has 0 saturated heterocycles. The van der Waals surface area contributed by atoms with Gasteiger partial charge in [-0.05, 0) is 34.9 Å². The van der Waals surface area contributed by atoms with E-state index < -0.39 is 34.4 Å². The molecule has 202 valence electrons. The predicted molar refractivity (Wildman–Crippen MR) is 139 cm³/mol. The van der Waals surface area contributed by atoms with E-state index in [2.05, 4.69) is 31.7 Å². The number of primary amides is 1. The molecule has 3 heterocycles. The van der Waals surface area contributed by atoms with Crippen LogP contribution < -0.4 is 32.1 Å². The number of nitrogen functional groups attached to an aromatic ring is 1. The van der Waals surface area contributed by atoms with E-state index in [1.807, 2.05) is 11.0 Å². The number of fused-ring (bicyclic) bond motifs is 2. The third-order valence-electron chi connectivity index (χ3n) is 6.14. The smallest absolute Gasteiger partial charge is 0.355 e. The van der Waals surface area contributed by atoms with Gasteiger partial charge >= 0.3 is 11.9 Å². The Labute approximate surface area is 224 Å². The average molecular weight is 556 g/mol. The largest absolute Gasteiger partial charge is 0.477 e. The Bertz CT molecular complexity index is 1690. The van der Waals surface area contributed by atoms with E-state index in [4.69, 9.17) is 28.4 Å². The molecular weight excluding hydrogens is 534 g/mol. The number of hydrogen-bond acceptors (Lipinski definition) is 11. The summed E-state index contributed by atoms with van der Waals surface area (Å²) >= 11 is 5.52. The Morgan fingerprint density at radius 2 is 1.92 bits per heavy atom. The van der Waals surface area contributed by atoms with Gasteiger partial charge in [0.05, 0.1) is 7.11 Å². The lowest BCUT2D eigenvalue weighted by Gasteiger charge is -2.31. The number of hydrogen-bond donors (Lipinski definition) is 4. The normalized spacial score (nSPS) is 12.5. The zero-order valence-electron chi connectivity index (χ0n) is 20.4. The summed E-state index contributed by atoms with van der Waals surface area (Å²) in [6.07, 6.45) is 1.97. The SMILES string of the molecule is COC(=O)c1cc(C(=O)O)nc2c(C(N)=O)ncn12.Nc1c(N2CCc3ccc(CNCl)cc3C2)c(=O)c1=O. The molecule has 2 aromatic carbocycles. The minimum absolute atomic E-state index is 0.0945. The van der Waals surface area contributed by atoms with Gasteiger partial charge in [0.15, 0.2) is 17.0 Å². The average Bonchev–Trinajstić information content (AvgIpc) is 3.37. The zero-order valence-corrected chi connectivity index (χ0v) is 21.2. The van der Waals surface area contributed by atoms with Crippen LogP contribution in [0.15, 0.2) is 40.2 Å². The Morgan fingerprint density at radius 1 is 1.18 bits per heavy atom. The second-order valence-electron chi connectivity index (χ2n) is 8.48. The molecule has 0 spiro atoms. The first-order chi connectivity index (χ1) is 18.6. The summed E-state index contributed by atoms with van der Waals surface area (Å²) in [6.45, 7) is 1.88. The van der Waals surface area contributed by atoms with E-state index in [9.17, 15) is 24.0 Å². The number of halogens is 1. The Hall–Kier alpha value is -4.82. The maximum Gasteiger partial charge on any atom is 0.355 e. The van der Waals surface area contributed by atoms with Crippen molar-refractivity contribution in [3.8, 4) is 0 Å². The number of aromatic nitrogens is 3. The van der Waals surface area contributed by atoms with Crippen LogP contribution in [0.2, 0.25) is 0 Å². The molecule has 0 fully saturated rings. The molecule has 5 rings (SSSR count). The number of methoxy groups -OCH3 is 1. The van der Waals surface area contributed by atoms with Gasteiger partial charge in [0.2, 0.25) is 0 Å². The predicted octanol–water partition coefficient (Wildman–Crippen LogP) is -0.0161. The topological polar surface area (TPSA) is 212 Å². The molecule has 1 aliphatic heterocycles. The van der Waals surface area contributed by atoms with Gasteiger partial charge in [-0.2, -0.15) is 0 Å². The number of anilines is 2. The first-order valence-corrected chi connectivity index (χ1v) is 11.7. The number of nitrogens with one attached hydrogen (secondary N) is 1. The number of nitrogens with two attached hydrogens (primary N) is 2. The molecule has 2 aromatic heterocycles. The van der Waals surface area contributed by atoms with Crippen LogP contribution in [0.3, 0.4) is 0 Å². The van der Waals surface area contributed by atoms with Crippen LogP contribution in [0.4, 0.5) is 11.4 Å². The van der Waals surface area contributed by atoms with Crippen molar-refractivity contribution >= 4 is 46.6 Å². The molecule has 0 unspecified atom stereocenters. The van der Waals surface area contributed by atoms with Gasteiger partial charge in [-0.3, -0.25) is 18.8 Å². The van der Waals surface area contributed by atoms with Crippen LogP contribution in [0.1, 0.15) is 48.2 Å². The number of imidazole rings is 1. The van der Waals surface area contributed by atoms with Crippen molar-refractivity contribution < 1.29 is 24.2 Å². The fraction of sp³-hybridized carbons (Fsp3) is 0.208. The van der Waals surface area contributed by atoms with Gasteiger partial charge in [0, 0.05) is 25.7 Å². The first-order valence-electron chi connectivity index (χ1n) is 11.3. The summed E-state index contributed by atoms with van der Waals surface area (Å²) in [4.78, 5) is 68.4. The third kappa shape index (κ3) is 5.15. The van der Waals surface area contributed by atoms with E-state index >= 15 is 0 Å². The Morgan fingerprint density at radius 3 is 2.54 bits per heavy atom. The van der Waals surface area contributed by atoms with Crippen molar-refractivity contribution in [1.82, 2.24) is 19.2 Å². The molecule has 39 heavy (non-hydrogen) atoms. The molecule has 6 N–H and O–H groups in total. The number of carboxylic acid groups (broad SMARTS) is 1. The quantitative estimate of drug-likeness (QED) is 0.140. The number of carbonyl (C=O) groups is 3. The first kappa shape index (κ1) is 27.2. The summed E-state index contributed by atoms with van der Waals surface area (Å²) in [5.74, 6) is -3.03. The summed E-state index contributed by atoms with van der Waals surface area (Å²) < 4.78 is 5.66. The summed E-state index contributed by atoms with van der Waals surface area (Å²) in [6, 6.07) is 7.21. The number of nitrogens with zero attached hydrogens (tertiary/aromatic N) is 4. The Kier molecular flexibility index (Phi) is 7.60. The second-order valence-corrected chi connectivity index (χ2v) is 8.75. The minimum atomic E-state index is -1.36. The van der Waals surface area contributed by atoms with Gasteiger partial charge in [0.1, 0.15) is 23.4 Å². The number of ether oxygens (including phenoxy) is 1. The van der Waals surface area contributed by atoms with Gasteiger partial charge < -0.3 is 26.2 Å². The van der Waals surface area contributed by atoms with Gasteiger partial charge in [0.25, 0.3) is 16.8 Å². The number of carboxylic acids is 1. The number of aromatic carboxylic acids is 1. The van der Waals surface area contributed by atoms with Crippen LogP contribution >= 0.6 is 11.8 Å².